The Hall–Kier alpha value is -3.42. The Kier molecular flexibility index (Phi) is 5.88. The molecule has 2 amide bonds. The minimum atomic E-state index is -0.376. The van der Waals surface area contributed by atoms with Crippen LogP contribution in [0.5, 0.6) is 0 Å². The summed E-state index contributed by atoms with van der Waals surface area (Å²) in [6, 6.07) is 11.6. The molecule has 0 saturated carbocycles. The van der Waals surface area contributed by atoms with E-state index >= 15 is 0 Å². The quantitative estimate of drug-likeness (QED) is 0.640. The van der Waals surface area contributed by atoms with Crippen LogP contribution in [0.15, 0.2) is 46.9 Å². The predicted octanol–water partition coefficient (Wildman–Crippen LogP) is 2.68. The van der Waals surface area contributed by atoms with Crippen LogP contribution in [0.2, 0.25) is 0 Å². The minimum absolute atomic E-state index is 0.0180. The highest BCUT2D eigenvalue weighted by Crippen LogP contribution is 2.25. The Morgan fingerprint density at radius 1 is 1.11 bits per heavy atom. The van der Waals surface area contributed by atoms with E-state index in [9.17, 15) is 14.0 Å². The molecule has 1 aromatic carbocycles. The van der Waals surface area contributed by atoms with Gasteiger partial charge in [0.2, 0.25) is 5.91 Å². The molecule has 0 aliphatic heterocycles. The topological polar surface area (TPSA) is 89.2 Å². The van der Waals surface area contributed by atoms with Gasteiger partial charge < -0.3 is 4.42 Å². The SMILES string of the molecule is Cc1cc(C)n(CC(=O)NNC(=O)CCc2ccc(-c3ccccc3F)o2)n1. The van der Waals surface area contributed by atoms with Crippen LogP contribution >= 0.6 is 0 Å². The summed E-state index contributed by atoms with van der Waals surface area (Å²) in [4.78, 5) is 23.8. The van der Waals surface area contributed by atoms with E-state index in [0.717, 1.165) is 11.4 Å². The van der Waals surface area contributed by atoms with Gasteiger partial charge in [-0.25, -0.2) is 4.39 Å². The Bertz CT molecular complexity index is 993. The van der Waals surface area contributed by atoms with Crippen molar-refractivity contribution in [1.82, 2.24) is 20.6 Å². The van der Waals surface area contributed by atoms with Crippen molar-refractivity contribution in [3.63, 3.8) is 0 Å². The summed E-state index contributed by atoms with van der Waals surface area (Å²) in [7, 11) is 0. The molecule has 2 aromatic heterocycles. The monoisotopic (exact) mass is 384 g/mol. The molecule has 0 aliphatic carbocycles. The molecule has 3 aromatic rings. The number of hydrogen-bond donors (Lipinski definition) is 2. The number of carbonyl (C=O) groups excluding carboxylic acids is 2. The molecular weight excluding hydrogens is 363 g/mol. The van der Waals surface area contributed by atoms with Gasteiger partial charge in [-0.1, -0.05) is 12.1 Å². The number of carbonyl (C=O) groups is 2. The lowest BCUT2D eigenvalue weighted by molar-refractivity contribution is -0.129. The lowest BCUT2D eigenvalue weighted by Crippen LogP contribution is -2.43. The van der Waals surface area contributed by atoms with Crippen LogP contribution < -0.4 is 10.9 Å². The number of hydrogen-bond acceptors (Lipinski definition) is 4. The molecule has 146 valence electrons. The zero-order valence-electron chi connectivity index (χ0n) is 15.7. The van der Waals surface area contributed by atoms with Gasteiger partial charge in [0, 0.05) is 18.5 Å². The van der Waals surface area contributed by atoms with Gasteiger partial charge in [-0.3, -0.25) is 25.1 Å². The smallest absolute Gasteiger partial charge is 0.260 e. The summed E-state index contributed by atoms with van der Waals surface area (Å²) < 4.78 is 20.9. The first-order chi connectivity index (χ1) is 13.4. The van der Waals surface area contributed by atoms with E-state index in [4.69, 9.17) is 4.42 Å². The lowest BCUT2D eigenvalue weighted by Gasteiger charge is -2.08. The van der Waals surface area contributed by atoms with Gasteiger partial charge in [0.05, 0.1) is 11.3 Å². The van der Waals surface area contributed by atoms with Gasteiger partial charge in [0.1, 0.15) is 23.9 Å². The summed E-state index contributed by atoms with van der Waals surface area (Å²) in [6.07, 6.45) is 0.442. The number of nitrogens with one attached hydrogen (secondary N) is 2. The Labute approximate surface area is 161 Å². The molecule has 0 bridgehead atoms. The number of benzene rings is 1. The van der Waals surface area contributed by atoms with Gasteiger partial charge in [-0.05, 0) is 44.2 Å². The van der Waals surface area contributed by atoms with Crippen molar-refractivity contribution in [1.29, 1.82) is 0 Å². The van der Waals surface area contributed by atoms with Crippen molar-refractivity contribution in [2.24, 2.45) is 0 Å². The fourth-order valence-electron chi connectivity index (χ4n) is 2.77. The van der Waals surface area contributed by atoms with E-state index in [1.54, 1.807) is 35.0 Å². The minimum Gasteiger partial charge on any atom is -0.461 e. The molecule has 0 atom stereocenters. The molecule has 3 rings (SSSR count). The van der Waals surface area contributed by atoms with Crippen LogP contribution in [-0.4, -0.2) is 21.6 Å². The second-order valence-electron chi connectivity index (χ2n) is 6.43. The molecular formula is C20H21FN4O3. The van der Waals surface area contributed by atoms with Crippen LogP contribution in [0.1, 0.15) is 23.6 Å². The number of halogens is 1. The van der Waals surface area contributed by atoms with E-state index in [2.05, 4.69) is 16.0 Å². The molecule has 0 saturated heterocycles. The average molecular weight is 384 g/mol. The van der Waals surface area contributed by atoms with Crippen LogP contribution in [-0.2, 0) is 22.6 Å². The molecule has 0 fully saturated rings. The van der Waals surface area contributed by atoms with Gasteiger partial charge in [0.15, 0.2) is 0 Å². The summed E-state index contributed by atoms with van der Waals surface area (Å²) in [6.45, 7) is 3.71. The number of amides is 2. The Morgan fingerprint density at radius 2 is 1.86 bits per heavy atom. The number of rotatable bonds is 6. The van der Waals surface area contributed by atoms with Gasteiger partial charge in [-0.15, -0.1) is 0 Å². The maximum atomic E-state index is 13.8. The van der Waals surface area contributed by atoms with Crippen LogP contribution in [0.4, 0.5) is 4.39 Å². The third-order valence-electron chi connectivity index (χ3n) is 4.14. The van der Waals surface area contributed by atoms with Crippen LogP contribution in [0, 0.1) is 19.7 Å². The van der Waals surface area contributed by atoms with E-state index in [1.807, 2.05) is 19.9 Å². The fourth-order valence-corrected chi connectivity index (χ4v) is 2.77. The van der Waals surface area contributed by atoms with E-state index in [-0.39, 0.29) is 30.6 Å². The van der Waals surface area contributed by atoms with Crippen molar-refractivity contribution >= 4 is 11.8 Å². The maximum Gasteiger partial charge on any atom is 0.260 e. The van der Waals surface area contributed by atoms with Crippen molar-refractivity contribution in [2.45, 2.75) is 33.2 Å². The van der Waals surface area contributed by atoms with E-state index in [0.29, 0.717) is 23.5 Å². The fraction of sp³-hybridized carbons (Fsp3) is 0.250. The van der Waals surface area contributed by atoms with Crippen LogP contribution in [0.3, 0.4) is 0 Å². The first kappa shape index (κ1) is 19.3. The first-order valence-electron chi connectivity index (χ1n) is 8.84. The molecule has 0 unspecified atom stereocenters. The third kappa shape index (κ3) is 4.85. The zero-order chi connectivity index (χ0) is 20.1. The number of furan rings is 1. The highest BCUT2D eigenvalue weighted by atomic mass is 19.1. The predicted molar refractivity (Wildman–Crippen MR) is 100 cm³/mol. The van der Waals surface area contributed by atoms with E-state index < -0.39 is 0 Å². The van der Waals surface area contributed by atoms with Crippen molar-refractivity contribution in [3.05, 3.63) is 65.4 Å². The molecule has 2 heterocycles. The first-order valence-corrected chi connectivity index (χ1v) is 8.84. The standard InChI is InChI=1S/C20H21FN4O3/c1-13-11-14(2)25(24-13)12-20(27)23-22-19(26)10-8-15-7-9-18(28-15)16-5-3-4-6-17(16)21/h3-7,9,11H,8,10,12H2,1-2H3,(H,22,26)(H,23,27). The average Bonchev–Trinajstić information content (AvgIpc) is 3.25. The third-order valence-corrected chi connectivity index (χ3v) is 4.14. The molecule has 28 heavy (non-hydrogen) atoms. The number of hydrazine groups is 1. The van der Waals surface area contributed by atoms with E-state index in [1.165, 1.54) is 6.07 Å². The van der Waals surface area contributed by atoms with Crippen molar-refractivity contribution < 1.29 is 18.4 Å². The number of nitrogens with zero attached hydrogens (tertiary/aromatic N) is 2. The highest BCUT2D eigenvalue weighted by Gasteiger charge is 2.12. The Morgan fingerprint density at radius 3 is 2.57 bits per heavy atom. The van der Waals surface area contributed by atoms with Crippen molar-refractivity contribution in [2.75, 3.05) is 0 Å². The lowest BCUT2D eigenvalue weighted by atomic mass is 10.1. The zero-order valence-corrected chi connectivity index (χ0v) is 15.7. The molecule has 8 heteroatoms. The molecule has 2 N–H and O–H groups in total. The maximum absolute atomic E-state index is 13.8. The summed E-state index contributed by atoms with van der Waals surface area (Å²) in [5, 5.41) is 4.19. The second-order valence-corrected chi connectivity index (χ2v) is 6.43. The number of aromatic nitrogens is 2. The molecule has 7 nitrogen and oxygen atoms in total. The molecule has 0 spiro atoms. The summed E-state index contributed by atoms with van der Waals surface area (Å²) in [5.74, 6) is -0.134. The van der Waals surface area contributed by atoms with Gasteiger partial charge in [-0.2, -0.15) is 5.10 Å². The van der Waals surface area contributed by atoms with Crippen molar-refractivity contribution in [3.8, 4) is 11.3 Å². The Balaban J connectivity index is 1.45. The highest BCUT2D eigenvalue weighted by molar-refractivity contribution is 5.81. The largest absolute Gasteiger partial charge is 0.461 e. The normalized spacial score (nSPS) is 10.7. The summed E-state index contributed by atoms with van der Waals surface area (Å²) >= 11 is 0. The molecule has 0 radical (unpaired) electrons. The van der Waals surface area contributed by atoms with Gasteiger partial charge >= 0.3 is 0 Å². The molecule has 0 aliphatic rings. The van der Waals surface area contributed by atoms with Gasteiger partial charge in [0.25, 0.3) is 5.91 Å². The van der Waals surface area contributed by atoms with Crippen LogP contribution in [0.25, 0.3) is 11.3 Å². The summed E-state index contributed by atoms with van der Waals surface area (Å²) in [5.41, 5.74) is 6.78. The second kappa shape index (κ2) is 8.51. The number of aryl methyl sites for hydroxylation is 3.